The Kier molecular flexibility index (Phi) is 43.3. The van der Waals surface area contributed by atoms with Crippen LogP contribution in [0, 0.1) is 0 Å². The molecular weight excluding hydrogens is 538 g/mol. The molecular formula is C37H78BrN. The van der Waals surface area contributed by atoms with Gasteiger partial charge in [0.05, 0.1) is 0 Å². The second-order valence-corrected chi connectivity index (χ2v) is 12.4. The van der Waals surface area contributed by atoms with Gasteiger partial charge in [-0.1, -0.05) is 210 Å². The molecule has 0 radical (unpaired) electrons. The summed E-state index contributed by atoms with van der Waals surface area (Å²) >= 11 is 2.94. The Morgan fingerprint density at radius 1 is 0.256 bits per heavy atom. The van der Waals surface area contributed by atoms with Gasteiger partial charge in [0.25, 0.3) is 0 Å². The first-order valence-electron chi connectivity index (χ1n) is 18.4. The predicted molar refractivity (Wildman–Crippen MR) is 187 cm³/mol. The van der Waals surface area contributed by atoms with E-state index in [1.54, 1.807) is 0 Å². The Bertz CT molecular complexity index is 329. The highest BCUT2D eigenvalue weighted by atomic mass is 79.9. The van der Waals surface area contributed by atoms with Gasteiger partial charge in [0.15, 0.2) is 0 Å². The molecule has 0 saturated carbocycles. The molecule has 0 fully saturated rings. The van der Waals surface area contributed by atoms with Crippen LogP contribution < -0.4 is 0 Å². The van der Waals surface area contributed by atoms with Crippen LogP contribution in [0.2, 0.25) is 0 Å². The molecule has 0 aliphatic rings. The summed E-state index contributed by atoms with van der Waals surface area (Å²) in [5.74, 6) is 1.81. The van der Waals surface area contributed by atoms with E-state index in [0.717, 1.165) is 0 Å². The lowest BCUT2D eigenvalue weighted by Crippen LogP contribution is -2.27. The Morgan fingerprint density at radius 3 is 0.590 bits per heavy atom. The fraction of sp³-hybridized carbons (Fsp3) is 1.00. The summed E-state index contributed by atoms with van der Waals surface area (Å²) in [4.78, 5) is 2.85. The van der Waals surface area contributed by atoms with Crippen LogP contribution in [-0.2, 0) is 0 Å². The molecule has 39 heavy (non-hydrogen) atoms. The van der Waals surface area contributed by atoms with Crippen LogP contribution in [0.15, 0.2) is 0 Å². The fourth-order valence-electron chi connectivity index (χ4n) is 5.80. The van der Waals surface area contributed by atoms with E-state index < -0.39 is 0 Å². The van der Waals surface area contributed by atoms with Gasteiger partial charge in [0, 0.05) is 0 Å². The molecule has 0 amide bonds. The van der Waals surface area contributed by atoms with Gasteiger partial charge >= 0.3 is 0 Å². The Morgan fingerprint density at radius 2 is 0.410 bits per heavy atom. The molecule has 0 unspecified atom stereocenters. The number of unbranched alkanes of at least 4 members (excludes halogenated alkanes) is 27. The van der Waals surface area contributed by atoms with Crippen molar-refractivity contribution in [1.29, 1.82) is 0 Å². The van der Waals surface area contributed by atoms with Crippen LogP contribution in [0.5, 0.6) is 0 Å². The number of hydrogen-bond acceptors (Lipinski definition) is 1. The zero-order valence-electron chi connectivity index (χ0n) is 28.2. The van der Waals surface area contributed by atoms with Crippen LogP contribution in [0.25, 0.3) is 0 Å². The molecule has 0 aromatic heterocycles. The average molecular weight is 617 g/mol. The summed E-state index contributed by atoms with van der Waals surface area (Å²) < 4.78 is 0. The third-order valence-electron chi connectivity index (χ3n) is 8.48. The van der Waals surface area contributed by atoms with Crippen molar-refractivity contribution in [3.8, 4) is 0 Å². The lowest BCUT2D eigenvalue weighted by Gasteiger charge is -2.22. The third-order valence-corrected chi connectivity index (χ3v) is 8.48. The highest BCUT2D eigenvalue weighted by Crippen LogP contribution is 2.14. The molecule has 0 aliphatic carbocycles. The molecule has 0 saturated heterocycles. The number of rotatable bonds is 33. The molecule has 0 atom stereocenters. The van der Waals surface area contributed by atoms with Crippen molar-refractivity contribution in [3.63, 3.8) is 0 Å². The Hall–Kier alpha value is 0.440. The van der Waals surface area contributed by atoms with E-state index in [9.17, 15) is 0 Å². The quantitative estimate of drug-likeness (QED) is 0.0524. The molecule has 0 N–H and O–H groups in total. The molecule has 0 aliphatic heterocycles. The van der Waals surface area contributed by atoms with Crippen LogP contribution in [0.3, 0.4) is 0 Å². The van der Waals surface area contributed by atoms with Crippen molar-refractivity contribution in [1.82, 2.24) is 4.90 Å². The lowest BCUT2D eigenvalue weighted by molar-refractivity contribution is 0.254. The van der Waals surface area contributed by atoms with E-state index in [4.69, 9.17) is 0 Å². The van der Waals surface area contributed by atoms with Gasteiger partial charge in [0.1, 0.15) is 0 Å². The van der Waals surface area contributed by atoms with Gasteiger partial charge in [0.2, 0.25) is 0 Å². The maximum absolute atomic E-state index is 2.94. The maximum Gasteiger partial charge on any atom is -0.00187 e. The highest BCUT2D eigenvalue weighted by molar-refractivity contribution is 9.08. The van der Waals surface area contributed by atoms with Gasteiger partial charge in [-0.25, -0.2) is 0 Å². The smallest absolute Gasteiger partial charge is 0.00187 e. The molecule has 0 aromatic rings. The second kappa shape index (κ2) is 40.6. The van der Waals surface area contributed by atoms with Gasteiger partial charge in [-0.05, 0) is 44.7 Å². The van der Waals surface area contributed by atoms with Gasteiger partial charge < -0.3 is 4.90 Å². The van der Waals surface area contributed by atoms with Crippen LogP contribution in [0.1, 0.15) is 213 Å². The predicted octanol–water partition coefficient (Wildman–Crippen LogP) is 14.1. The summed E-state index contributed by atoms with van der Waals surface area (Å²) in [7, 11) is 0. The first kappa shape index (κ1) is 41.6. The topological polar surface area (TPSA) is 3.24 Å². The minimum atomic E-state index is 1.37. The van der Waals surface area contributed by atoms with Crippen LogP contribution >= 0.6 is 15.9 Å². The van der Waals surface area contributed by atoms with Crippen molar-refractivity contribution >= 4 is 15.9 Å². The van der Waals surface area contributed by atoms with Crippen molar-refractivity contribution < 1.29 is 0 Å². The number of nitrogens with zero attached hydrogens (tertiary/aromatic N) is 1. The van der Waals surface area contributed by atoms with E-state index in [1.165, 1.54) is 212 Å². The van der Waals surface area contributed by atoms with Crippen molar-refractivity contribution in [2.75, 3.05) is 25.5 Å². The molecule has 0 rings (SSSR count). The molecule has 0 spiro atoms. The van der Waals surface area contributed by atoms with E-state index in [-0.39, 0.29) is 0 Å². The number of hydrogen-bond donors (Lipinski definition) is 0. The maximum atomic E-state index is 2.94. The van der Waals surface area contributed by atoms with Gasteiger partial charge in [-0.3, -0.25) is 0 Å². The normalized spacial score (nSPS) is 11.2. The van der Waals surface area contributed by atoms with E-state index in [1.807, 2.05) is 5.83 Å². The van der Waals surface area contributed by atoms with Crippen LogP contribution in [-0.4, -0.2) is 30.4 Å². The summed E-state index contributed by atoms with van der Waals surface area (Å²) in [6.45, 7) is 11.0. The minimum absolute atomic E-state index is 1.37. The zero-order chi connectivity index (χ0) is 28.9. The first-order valence-corrected chi connectivity index (χ1v) is 20.0. The Balaban J connectivity index is 0. The van der Waals surface area contributed by atoms with E-state index in [0.29, 0.717) is 0 Å². The molecule has 0 heterocycles. The third kappa shape index (κ3) is 38.4. The molecule has 1 nitrogen and oxygen atoms in total. The van der Waals surface area contributed by atoms with E-state index >= 15 is 0 Å². The Labute approximate surface area is 259 Å². The number of alkyl halides is 1. The summed E-state index contributed by atoms with van der Waals surface area (Å²) in [6.07, 6.45) is 43.6. The second-order valence-electron chi connectivity index (χ2n) is 12.4. The molecule has 2 heteroatoms. The summed E-state index contributed by atoms with van der Waals surface area (Å²) in [5.41, 5.74) is 0. The largest absolute Gasteiger partial charge is 0.303 e. The number of halogens is 1. The standard InChI is InChI=1S/C36H75N.CH3Br/c1-4-7-10-13-16-19-22-25-28-31-34-37(35-32-29-26-23-20-17-14-11-8-5-2)36-33-30-27-24-21-18-15-12-9-6-3;1-2/h4-36H2,1-3H3;1H3. The summed E-state index contributed by atoms with van der Waals surface area (Å²) in [5, 5.41) is 0. The molecule has 0 bridgehead atoms. The monoisotopic (exact) mass is 616 g/mol. The molecule has 238 valence electrons. The van der Waals surface area contributed by atoms with Crippen molar-refractivity contribution in [2.24, 2.45) is 0 Å². The lowest BCUT2D eigenvalue weighted by atomic mass is 10.1. The van der Waals surface area contributed by atoms with Crippen molar-refractivity contribution in [3.05, 3.63) is 0 Å². The fourth-order valence-corrected chi connectivity index (χ4v) is 5.80. The van der Waals surface area contributed by atoms with Crippen LogP contribution in [0.4, 0.5) is 0 Å². The summed E-state index contributed by atoms with van der Waals surface area (Å²) in [6, 6.07) is 0. The van der Waals surface area contributed by atoms with E-state index in [2.05, 4.69) is 41.6 Å². The average Bonchev–Trinajstić information content (AvgIpc) is 2.96. The van der Waals surface area contributed by atoms with Gasteiger partial charge in [-0.2, -0.15) is 0 Å². The van der Waals surface area contributed by atoms with Gasteiger partial charge in [-0.15, -0.1) is 0 Å². The highest BCUT2D eigenvalue weighted by Gasteiger charge is 2.05. The zero-order valence-corrected chi connectivity index (χ0v) is 29.7. The molecule has 0 aromatic carbocycles. The first-order chi connectivity index (χ1) is 19.3. The van der Waals surface area contributed by atoms with Crippen molar-refractivity contribution in [2.45, 2.75) is 213 Å². The SMILES string of the molecule is CBr.CCCCCCCCCCCCN(CCCCCCCCCCCC)CCCCCCCCCCCC. The minimum Gasteiger partial charge on any atom is -0.303 e.